The maximum absolute atomic E-state index is 13.0. The summed E-state index contributed by atoms with van der Waals surface area (Å²) in [6.45, 7) is 4.66. The first kappa shape index (κ1) is 18.9. The number of piperazine rings is 1. The van der Waals surface area contributed by atoms with Gasteiger partial charge in [-0.25, -0.2) is 9.18 Å². The Labute approximate surface area is 168 Å². The predicted octanol–water partition coefficient (Wildman–Crippen LogP) is 3.79. The van der Waals surface area contributed by atoms with Crippen LogP contribution in [0.25, 0.3) is 11.4 Å². The molecule has 1 aliphatic rings. The van der Waals surface area contributed by atoms with E-state index in [0.29, 0.717) is 36.9 Å². The average Bonchev–Trinajstić information content (AvgIpc) is 3.25. The standard InChI is InChI=1S/C21H22FN5O2/c1-2-19-24-20(25-29-19)15-3-9-18(10-4-15)26-11-13-27(14-12-26)21(28)23-17-7-5-16(22)6-8-17/h3-10H,2,11-14H2,1H3,(H,23,28). The fourth-order valence-corrected chi connectivity index (χ4v) is 3.24. The van der Waals surface area contributed by atoms with Crippen LogP contribution in [0.5, 0.6) is 0 Å². The monoisotopic (exact) mass is 395 g/mol. The van der Waals surface area contributed by atoms with Gasteiger partial charge in [0, 0.05) is 49.5 Å². The molecule has 1 aliphatic heterocycles. The molecule has 2 heterocycles. The van der Waals surface area contributed by atoms with Gasteiger partial charge in [0.05, 0.1) is 0 Å². The Morgan fingerprint density at radius 1 is 1.07 bits per heavy atom. The topological polar surface area (TPSA) is 74.5 Å². The number of rotatable bonds is 4. The third-order valence-corrected chi connectivity index (χ3v) is 4.92. The Kier molecular flexibility index (Phi) is 5.41. The minimum atomic E-state index is -0.326. The molecule has 2 amide bonds. The van der Waals surface area contributed by atoms with E-state index in [0.717, 1.165) is 24.3 Å². The quantitative estimate of drug-likeness (QED) is 0.727. The van der Waals surface area contributed by atoms with Crippen LogP contribution in [0, 0.1) is 5.82 Å². The van der Waals surface area contributed by atoms with Crippen LogP contribution in [-0.4, -0.2) is 47.3 Å². The SMILES string of the molecule is CCc1nc(-c2ccc(N3CCN(C(=O)Nc4ccc(F)cc4)CC3)cc2)no1. The first-order chi connectivity index (χ1) is 14.1. The second kappa shape index (κ2) is 8.30. The van der Waals surface area contributed by atoms with Gasteiger partial charge in [0.1, 0.15) is 5.82 Å². The highest BCUT2D eigenvalue weighted by molar-refractivity contribution is 5.89. The normalized spacial score (nSPS) is 14.1. The van der Waals surface area contributed by atoms with E-state index in [-0.39, 0.29) is 11.8 Å². The summed E-state index contributed by atoms with van der Waals surface area (Å²) in [5.74, 6) is 0.891. The lowest BCUT2D eigenvalue weighted by Gasteiger charge is -2.36. The molecule has 0 atom stereocenters. The number of benzene rings is 2. The van der Waals surface area contributed by atoms with Gasteiger partial charge in [-0.1, -0.05) is 12.1 Å². The summed E-state index contributed by atoms with van der Waals surface area (Å²) >= 11 is 0. The number of urea groups is 1. The molecule has 0 radical (unpaired) electrons. The number of carbonyl (C=O) groups excluding carboxylic acids is 1. The van der Waals surface area contributed by atoms with Crippen LogP contribution in [-0.2, 0) is 6.42 Å². The van der Waals surface area contributed by atoms with Crippen molar-refractivity contribution in [2.45, 2.75) is 13.3 Å². The van der Waals surface area contributed by atoms with Crippen molar-refractivity contribution in [3.8, 4) is 11.4 Å². The second-order valence-electron chi connectivity index (χ2n) is 6.82. The number of carbonyl (C=O) groups is 1. The summed E-state index contributed by atoms with van der Waals surface area (Å²) in [4.78, 5) is 20.7. The summed E-state index contributed by atoms with van der Waals surface area (Å²) in [5, 5.41) is 6.80. The first-order valence-corrected chi connectivity index (χ1v) is 9.62. The molecule has 29 heavy (non-hydrogen) atoms. The van der Waals surface area contributed by atoms with Crippen LogP contribution in [0.4, 0.5) is 20.6 Å². The van der Waals surface area contributed by atoms with E-state index >= 15 is 0 Å². The fourth-order valence-electron chi connectivity index (χ4n) is 3.24. The van der Waals surface area contributed by atoms with Gasteiger partial charge in [0.15, 0.2) is 0 Å². The first-order valence-electron chi connectivity index (χ1n) is 9.62. The van der Waals surface area contributed by atoms with Gasteiger partial charge in [-0.05, 0) is 48.5 Å². The minimum absolute atomic E-state index is 0.171. The van der Waals surface area contributed by atoms with E-state index in [2.05, 4.69) is 20.4 Å². The molecule has 0 unspecified atom stereocenters. The number of amides is 2. The number of halogens is 1. The predicted molar refractivity (Wildman–Crippen MR) is 108 cm³/mol. The number of hydrogen-bond donors (Lipinski definition) is 1. The van der Waals surface area contributed by atoms with Crippen molar-refractivity contribution < 1.29 is 13.7 Å². The summed E-state index contributed by atoms with van der Waals surface area (Å²) in [6, 6.07) is 13.6. The van der Waals surface area contributed by atoms with E-state index in [1.165, 1.54) is 12.1 Å². The van der Waals surface area contributed by atoms with Crippen LogP contribution in [0.15, 0.2) is 53.1 Å². The Hall–Kier alpha value is -3.42. The molecule has 1 saturated heterocycles. The molecule has 7 nitrogen and oxygen atoms in total. The summed E-state index contributed by atoms with van der Waals surface area (Å²) in [7, 11) is 0. The molecule has 1 aromatic heterocycles. The molecule has 2 aromatic carbocycles. The molecule has 0 spiro atoms. The number of aromatic nitrogens is 2. The van der Waals surface area contributed by atoms with E-state index in [4.69, 9.17) is 4.52 Å². The van der Waals surface area contributed by atoms with Crippen LogP contribution >= 0.6 is 0 Å². The molecule has 1 fully saturated rings. The lowest BCUT2D eigenvalue weighted by atomic mass is 10.1. The van der Waals surface area contributed by atoms with Gasteiger partial charge in [0.2, 0.25) is 11.7 Å². The number of aryl methyl sites for hydroxylation is 1. The molecular formula is C21H22FN5O2. The Bertz CT molecular complexity index is 963. The molecule has 4 rings (SSSR count). The van der Waals surface area contributed by atoms with Crippen LogP contribution in [0.3, 0.4) is 0 Å². The third-order valence-electron chi connectivity index (χ3n) is 4.92. The molecule has 0 saturated carbocycles. The Morgan fingerprint density at radius 2 is 1.76 bits per heavy atom. The lowest BCUT2D eigenvalue weighted by molar-refractivity contribution is 0.208. The highest BCUT2D eigenvalue weighted by atomic mass is 19.1. The molecule has 1 N–H and O–H groups in total. The third kappa shape index (κ3) is 4.37. The molecule has 0 aliphatic carbocycles. The van der Waals surface area contributed by atoms with Crippen molar-refractivity contribution in [3.63, 3.8) is 0 Å². The van der Waals surface area contributed by atoms with Crippen molar-refractivity contribution in [1.29, 1.82) is 0 Å². The van der Waals surface area contributed by atoms with E-state index in [1.54, 1.807) is 17.0 Å². The molecule has 0 bridgehead atoms. The zero-order valence-corrected chi connectivity index (χ0v) is 16.1. The summed E-state index contributed by atoms with van der Waals surface area (Å²) in [5.41, 5.74) is 2.59. The van der Waals surface area contributed by atoms with Crippen LogP contribution < -0.4 is 10.2 Å². The van der Waals surface area contributed by atoms with Crippen molar-refractivity contribution >= 4 is 17.4 Å². The van der Waals surface area contributed by atoms with Gasteiger partial charge >= 0.3 is 6.03 Å². The van der Waals surface area contributed by atoms with Gasteiger partial charge < -0.3 is 19.6 Å². The molecular weight excluding hydrogens is 373 g/mol. The van der Waals surface area contributed by atoms with Crippen molar-refractivity contribution in [1.82, 2.24) is 15.0 Å². The van der Waals surface area contributed by atoms with Crippen LogP contribution in [0.1, 0.15) is 12.8 Å². The van der Waals surface area contributed by atoms with Crippen molar-refractivity contribution in [2.75, 3.05) is 36.4 Å². The van der Waals surface area contributed by atoms with Crippen molar-refractivity contribution in [3.05, 3.63) is 60.2 Å². The molecule has 8 heteroatoms. The Morgan fingerprint density at radius 3 is 2.38 bits per heavy atom. The van der Waals surface area contributed by atoms with Gasteiger partial charge in [0.25, 0.3) is 0 Å². The highest BCUT2D eigenvalue weighted by Gasteiger charge is 2.21. The zero-order chi connectivity index (χ0) is 20.2. The maximum Gasteiger partial charge on any atom is 0.321 e. The average molecular weight is 395 g/mol. The molecule has 3 aromatic rings. The molecule has 150 valence electrons. The number of nitrogens with zero attached hydrogens (tertiary/aromatic N) is 4. The van der Waals surface area contributed by atoms with E-state index in [1.807, 2.05) is 31.2 Å². The van der Waals surface area contributed by atoms with Gasteiger partial charge in [-0.3, -0.25) is 0 Å². The summed E-state index contributed by atoms with van der Waals surface area (Å²) in [6.07, 6.45) is 0.712. The number of hydrogen-bond acceptors (Lipinski definition) is 5. The van der Waals surface area contributed by atoms with Crippen LogP contribution in [0.2, 0.25) is 0 Å². The lowest BCUT2D eigenvalue weighted by Crippen LogP contribution is -2.50. The smallest absolute Gasteiger partial charge is 0.321 e. The number of nitrogens with one attached hydrogen (secondary N) is 1. The summed E-state index contributed by atoms with van der Waals surface area (Å²) < 4.78 is 18.1. The Balaban J connectivity index is 1.33. The van der Waals surface area contributed by atoms with Crippen molar-refractivity contribution in [2.24, 2.45) is 0 Å². The number of anilines is 2. The fraction of sp³-hybridized carbons (Fsp3) is 0.286. The highest BCUT2D eigenvalue weighted by Crippen LogP contribution is 2.22. The minimum Gasteiger partial charge on any atom is -0.368 e. The zero-order valence-electron chi connectivity index (χ0n) is 16.1. The largest absolute Gasteiger partial charge is 0.368 e. The van der Waals surface area contributed by atoms with Gasteiger partial charge in [-0.2, -0.15) is 4.98 Å². The van der Waals surface area contributed by atoms with E-state index in [9.17, 15) is 9.18 Å². The second-order valence-corrected chi connectivity index (χ2v) is 6.82. The van der Waals surface area contributed by atoms with E-state index < -0.39 is 0 Å². The maximum atomic E-state index is 13.0. The van der Waals surface area contributed by atoms with Gasteiger partial charge in [-0.15, -0.1) is 0 Å².